The summed E-state index contributed by atoms with van der Waals surface area (Å²) >= 11 is 0. The minimum Gasteiger partial charge on any atom is -0.455 e. The van der Waals surface area contributed by atoms with Crippen molar-refractivity contribution in [2.45, 2.75) is 0 Å². The smallest absolute Gasteiger partial charge is 0.143 e. The largest absolute Gasteiger partial charge is 0.455 e. The second-order valence-corrected chi connectivity index (χ2v) is 11.5. The SMILES string of the molecule is [2H]c1c([2H])c(N(c2ccc(-c3ccccc3)cc2)c2c([2H])c([2H])c(-c3cccc4c3oc3ccccc34)c([2H])c2[2H])c([2H])c([2H])c1-c1cccc2ccccc12. The van der Waals surface area contributed by atoms with Crippen molar-refractivity contribution in [1.82, 2.24) is 0 Å². The molecule has 0 unspecified atom stereocenters. The zero-order valence-corrected chi connectivity index (χ0v) is 25.6. The predicted octanol–water partition coefficient (Wildman–Crippen LogP) is 13.2. The van der Waals surface area contributed by atoms with Gasteiger partial charge in [0.25, 0.3) is 0 Å². The van der Waals surface area contributed by atoms with E-state index < -0.39 is 24.2 Å². The summed E-state index contributed by atoms with van der Waals surface area (Å²) in [5.74, 6) is 0. The standard InChI is InChI=1S/C46H31NO/c1-2-10-32(11-3-1)33-20-26-37(27-21-33)47(38-28-22-35(23-29-38)41-16-8-13-34-12-4-5-14-40(34)41)39-30-24-36(25-31-39)42-17-9-18-44-43-15-6-7-19-45(43)48-46(42)44/h1-31H/i22D,23D,24D,25D,28D,29D,30D,31D. The maximum absolute atomic E-state index is 9.48. The Morgan fingerprint density at radius 2 is 0.917 bits per heavy atom. The van der Waals surface area contributed by atoms with Crippen LogP contribution >= 0.6 is 0 Å². The van der Waals surface area contributed by atoms with Crippen LogP contribution in [0.25, 0.3) is 66.1 Å². The van der Waals surface area contributed by atoms with Gasteiger partial charge in [0.1, 0.15) is 11.2 Å². The molecule has 0 atom stereocenters. The molecule has 0 aliphatic carbocycles. The van der Waals surface area contributed by atoms with Crippen molar-refractivity contribution in [1.29, 1.82) is 0 Å². The third kappa shape index (κ3) is 4.92. The highest BCUT2D eigenvalue weighted by Crippen LogP contribution is 2.40. The highest BCUT2D eigenvalue weighted by atomic mass is 16.3. The molecule has 48 heavy (non-hydrogen) atoms. The lowest BCUT2D eigenvalue weighted by atomic mass is 9.98. The Morgan fingerprint density at radius 3 is 1.67 bits per heavy atom. The van der Waals surface area contributed by atoms with Crippen molar-refractivity contribution in [3.05, 3.63) is 188 Å². The van der Waals surface area contributed by atoms with Gasteiger partial charge in [0, 0.05) is 33.4 Å². The number of furan rings is 1. The summed E-state index contributed by atoms with van der Waals surface area (Å²) in [4.78, 5) is 1.33. The molecule has 1 aromatic heterocycles. The van der Waals surface area contributed by atoms with E-state index in [1.165, 1.54) is 4.90 Å². The molecule has 0 aliphatic heterocycles. The lowest BCUT2D eigenvalue weighted by Gasteiger charge is -2.26. The molecule has 0 saturated carbocycles. The fraction of sp³-hybridized carbons (Fsp3) is 0. The van der Waals surface area contributed by atoms with Gasteiger partial charge in [-0.1, -0.05) is 145 Å². The second kappa shape index (κ2) is 11.8. The molecule has 0 saturated heterocycles. The Hall–Kier alpha value is -6.38. The van der Waals surface area contributed by atoms with Crippen molar-refractivity contribution in [3.63, 3.8) is 0 Å². The van der Waals surface area contributed by atoms with Crippen molar-refractivity contribution in [2.24, 2.45) is 0 Å². The van der Waals surface area contributed by atoms with Crippen LogP contribution in [0.5, 0.6) is 0 Å². The van der Waals surface area contributed by atoms with E-state index in [4.69, 9.17) is 4.42 Å². The molecule has 0 amide bonds. The lowest BCUT2D eigenvalue weighted by molar-refractivity contribution is 0.670. The number of para-hydroxylation sites is 2. The van der Waals surface area contributed by atoms with E-state index in [1.807, 2.05) is 109 Å². The van der Waals surface area contributed by atoms with E-state index in [1.54, 1.807) is 30.3 Å². The molecule has 0 bridgehead atoms. The highest BCUT2D eigenvalue weighted by Gasteiger charge is 2.16. The van der Waals surface area contributed by atoms with Crippen LogP contribution in [0.1, 0.15) is 11.0 Å². The monoisotopic (exact) mass is 621 g/mol. The van der Waals surface area contributed by atoms with E-state index in [9.17, 15) is 11.0 Å². The van der Waals surface area contributed by atoms with Gasteiger partial charge in [-0.2, -0.15) is 0 Å². The van der Waals surface area contributed by atoms with Crippen LogP contribution in [-0.2, 0) is 0 Å². The molecule has 2 heteroatoms. The summed E-state index contributed by atoms with van der Waals surface area (Å²) in [6, 6.07) is 39.9. The van der Waals surface area contributed by atoms with Crippen molar-refractivity contribution >= 4 is 49.8 Å². The average molecular weight is 622 g/mol. The summed E-state index contributed by atoms with van der Waals surface area (Å²) in [6.07, 6.45) is 0. The molecule has 226 valence electrons. The lowest BCUT2D eigenvalue weighted by Crippen LogP contribution is -2.09. The van der Waals surface area contributed by atoms with Gasteiger partial charge in [-0.3, -0.25) is 0 Å². The van der Waals surface area contributed by atoms with Crippen LogP contribution in [0.4, 0.5) is 17.1 Å². The second-order valence-electron chi connectivity index (χ2n) is 11.5. The maximum atomic E-state index is 9.48. The molecule has 1 heterocycles. The number of hydrogen-bond acceptors (Lipinski definition) is 2. The molecule has 0 radical (unpaired) electrons. The van der Waals surface area contributed by atoms with Gasteiger partial charge < -0.3 is 9.32 Å². The molecule has 0 aliphatic rings. The fourth-order valence-corrected chi connectivity index (χ4v) is 6.30. The minimum atomic E-state index is -0.420. The number of anilines is 3. The highest BCUT2D eigenvalue weighted by molar-refractivity contribution is 6.09. The quantitative estimate of drug-likeness (QED) is 0.184. The molecular weight excluding hydrogens is 583 g/mol. The first kappa shape index (κ1) is 20.7. The Labute approximate surface area is 291 Å². The van der Waals surface area contributed by atoms with E-state index in [0.717, 1.165) is 32.7 Å². The van der Waals surface area contributed by atoms with Crippen LogP contribution in [-0.4, -0.2) is 0 Å². The van der Waals surface area contributed by atoms with Gasteiger partial charge >= 0.3 is 0 Å². The van der Waals surface area contributed by atoms with E-state index >= 15 is 0 Å². The van der Waals surface area contributed by atoms with Gasteiger partial charge in [0.2, 0.25) is 0 Å². The molecule has 9 aromatic rings. The molecular formula is C46H31NO. The first-order chi connectivity index (χ1) is 27.2. The van der Waals surface area contributed by atoms with Crippen LogP contribution in [0.15, 0.2) is 192 Å². The molecule has 0 fully saturated rings. The van der Waals surface area contributed by atoms with E-state index in [0.29, 0.717) is 28.0 Å². The zero-order valence-electron chi connectivity index (χ0n) is 33.6. The summed E-state index contributed by atoms with van der Waals surface area (Å²) < 4.78 is 81.5. The normalized spacial score (nSPS) is 13.7. The summed E-state index contributed by atoms with van der Waals surface area (Å²) in [6.45, 7) is 0. The number of benzene rings is 8. The van der Waals surface area contributed by atoms with Gasteiger partial charge in [-0.15, -0.1) is 0 Å². The summed E-state index contributed by atoms with van der Waals surface area (Å²) in [5.41, 5.74) is 3.88. The third-order valence-corrected chi connectivity index (χ3v) is 8.64. The Kier molecular flexibility index (Phi) is 5.07. The van der Waals surface area contributed by atoms with Crippen molar-refractivity contribution in [3.8, 4) is 33.4 Å². The van der Waals surface area contributed by atoms with Crippen LogP contribution in [0.3, 0.4) is 0 Å². The Morgan fingerprint density at radius 1 is 0.375 bits per heavy atom. The van der Waals surface area contributed by atoms with Gasteiger partial charge in [0.05, 0.1) is 11.0 Å². The molecule has 0 spiro atoms. The van der Waals surface area contributed by atoms with Crippen molar-refractivity contribution < 1.29 is 15.4 Å². The van der Waals surface area contributed by atoms with E-state index in [2.05, 4.69) is 0 Å². The van der Waals surface area contributed by atoms with Gasteiger partial charge in [0.15, 0.2) is 0 Å². The van der Waals surface area contributed by atoms with Crippen LogP contribution < -0.4 is 4.90 Å². The first-order valence-corrected chi connectivity index (χ1v) is 15.7. The van der Waals surface area contributed by atoms with Gasteiger partial charge in [-0.25, -0.2) is 0 Å². The van der Waals surface area contributed by atoms with Gasteiger partial charge in [-0.05, 0) is 81.0 Å². The summed E-state index contributed by atoms with van der Waals surface area (Å²) in [5, 5.41) is 3.28. The van der Waals surface area contributed by atoms with E-state index in [-0.39, 0.29) is 46.7 Å². The number of rotatable bonds is 6. The Balaban J connectivity index is 1.30. The average Bonchev–Trinajstić information content (AvgIpc) is 3.62. The fourth-order valence-electron chi connectivity index (χ4n) is 6.30. The number of hydrogen-bond donors (Lipinski definition) is 0. The molecule has 8 aromatic carbocycles. The molecule has 2 nitrogen and oxygen atoms in total. The maximum Gasteiger partial charge on any atom is 0.143 e. The van der Waals surface area contributed by atoms with Crippen LogP contribution in [0, 0.1) is 0 Å². The number of nitrogens with zero attached hydrogens (tertiary/aromatic N) is 1. The third-order valence-electron chi connectivity index (χ3n) is 8.64. The topological polar surface area (TPSA) is 16.4 Å². The van der Waals surface area contributed by atoms with Crippen molar-refractivity contribution in [2.75, 3.05) is 4.90 Å². The molecule has 9 rings (SSSR count). The summed E-state index contributed by atoms with van der Waals surface area (Å²) in [7, 11) is 0. The predicted molar refractivity (Wildman–Crippen MR) is 202 cm³/mol. The van der Waals surface area contributed by atoms with Crippen LogP contribution in [0.2, 0.25) is 0 Å². The Bertz CT molecular complexity index is 2950. The molecule has 0 N–H and O–H groups in total. The zero-order chi connectivity index (χ0) is 38.8. The number of fused-ring (bicyclic) bond motifs is 4. The minimum absolute atomic E-state index is 0.0404. The first-order valence-electron chi connectivity index (χ1n) is 19.7.